The Bertz CT molecular complexity index is 191. The molecule has 0 bridgehead atoms. The molecule has 0 fully saturated rings. The topological polar surface area (TPSA) is 44.2 Å². The Balaban J connectivity index is 2.28. The van der Waals surface area contributed by atoms with Crippen molar-refractivity contribution in [3.63, 3.8) is 0 Å². The summed E-state index contributed by atoms with van der Waals surface area (Å²) in [6.07, 6.45) is 4.87. The highest BCUT2D eigenvalue weighted by molar-refractivity contribution is 4.91. The van der Waals surface area contributed by atoms with Crippen LogP contribution >= 0.6 is 0 Å². The molecule has 4 nitrogen and oxygen atoms in total. The van der Waals surface area contributed by atoms with Gasteiger partial charge >= 0.3 is 0 Å². The second-order valence-electron chi connectivity index (χ2n) is 1.87. The van der Waals surface area contributed by atoms with Crippen LogP contribution in [0.1, 0.15) is 12.6 Å². The fourth-order valence-corrected chi connectivity index (χ4v) is 0.590. The Hall–Kier alpha value is -1.00. The van der Waals surface area contributed by atoms with Crippen LogP contribution in [0.25, 0.3) is 0 Å². The van der Waals surface area contributed by atoms with Crippen molar-refractivity contribution < 1.29 is 9.78 Å². The van der Waals surface area contributed by atoms with Crippen LogP contribution in [-0.4, -0.2) is 16.6 Å². The predicted octanol–water partition coefficient (Wildman–Crippen LogP) is 0.945. The Morgan fingerprint density at radius 3 is 2.91 bits per heavy atom. The Kier molecular flexibility index (Phi) is 3.51. The summed E-state index contributed by atoms with van der Waals surface area (Å²) in [6.45, 7) is 2.75. The summed E-state index contributed by atoms with van der Waals surface area (Å²) < 4.78 is 0. The van der Waals surface area contributed by atoms with Crippen molar-refractivity contribution in [2.45, 2.75) is 13.5 Å². The fourth-order valence-electron chi connectivity index (χ4n) is 0.590. The normalized spacial score (nSPS) is 9.91. The summed E-state index contributed by atoms with van der Waals surface area (Å²) in [5.74, 6) is 0. The maximum Gasteiger partial charge on any atom is 0.126 e. The van der Waals surface area contributed by atoms with Crippen molar-refractivity contribution in [3.05, 3.63) is 24.3 Å². The van der Waals surface area contributed by atoms with E-state index in [1.165, 1.54) is 0 Å². The summed E-state index contributed by atoms with van der Waals surface area (Å²) in [5.41, 5.74) is 0.765. The molecule has 0 aliphatic rings. The van der Waals surface area contributed by atoms with E-state index in [9.17, 15) is 0 Å². The maximum atomic E-state index is 4.77. The predicted molar refractivity (Wildman–Crippen MR) is 38.4 cm³/mol. The number of nitrogens with zero attached hydrogens (tertiary/aromatic N) is 2. The summed E-state index contributed by atoms with van der Waals surface area (Å²) in [4.78, 5) is 17.3. The van der Waals surface area contributed by atoms with Gasteiger partial charge in [0.15, 0.2) is 0 Å². The van der Waals surface area contributed by atoms with Gasteiger partial charge < -0.3 is 0 Å². The monoisotopic (exact) mass is 154 g/mol. The molecule has 0 radical (unpaired) electrons. The van der Waals surface area contributed by atoms with Crippen molar-refractivity contribution in [1.82, 2.24) is 9.97 Å². The van der Waals surface area contributed by atoms with Gasteiger partial charge in [-0.3, -0.25) is 9.97 Å². The molecule has 11 heavy (non-hydrogen) atoms. The fraction of sp³-hybridized carbons (Fsp3) is 0.429. The zero-order chi connectivity index (χ0) is 7.94. The minimum Gasteiger partial charge on any atom is -0.261 e. The molecule has 1 heterocycles. The van der Waals surface area contributed by atoms with E-state index in [2.05, 4.69) is 14.9 Å². The lowest BCUT2D eigenvalue weighted by atomic mass is 10.5. The van der Waals surface area contributed by atoms with Crippen LogP contribution in [0.3, 0.4) is 0 Å². The van der Waals surface area contributed by atoms with E-state index >= 15 is 0 Å². The molecule has 0 unspecified atom stereocenters. The lowest BCUT2D eigenvalue weighted by Crippen LogP contribution is -1.96. The molecule has 0 saturated heterocycles. The molecular weight excluding hydrogens is 144 g/mol. The van der Waals surface area contributed by atoms with E-state index < -0.39 is 0 Å². The molecule has 0 spiro atoms. The first kappa shape index (κ1) is 8.10. The Morgan fingerprint density at radius 1 is 1.36 bits per heavy atom. The van der Waals surface area contributed by atoms with Crippen molar-refractivity contribution in [2.75, 3.05) is 6.61 Å². The van der Waals surface area contributed by atoms with Gasteiger partial charge in [0, 0.05) is 12.4 Å². The first-order chi connectivity index (χ1) is 5.43. The van der Waals surface area contributed by atoms with Gasteiger partial charge in [-0.1, -0.05) is 0 Å². The van der Waals surface area contributed by atoms with Gasteiger partial charge in [-0.2, -0.15) is 0 Å². The van der Waals surface area contributed by atoms with Crippen LogP contribution < -0.4 is 0 Å². The van der Waals surface area contributed by atoms with Gasteiger partial charge in [0.1, 0.15) is 6.61 Å². The summed E-state index contributed by atoms with van der Waals surface area (Å²) in [7, 11) is 0. The van der Waals surface area contributed by atoms with Gasteiger partial charge in [0.05, 0.1) is 18.5 Å². The summed E-state index contributed by atoms with van der Waals surface area (Å²) in [5, 5.41) is 0. The highest BCUT2D eigenvalue weighted by Crippen LogP contribution is 1.93. The number of hydrogen-bond acceptors (Lipinski definition) is 4. The second-order valence-corrected chi connectivity index (χ2v) is 1.87. The average Bonchev–Trinajstić information content (AvgIpc) is 2.07. The standard InChI is InChI=1S/C7H10N2O2/c1-2-10-11-6-7-5-8-3-4-9-7/h3-5H,2,6H2,1H3. The Morgan fingerprint density at radius 2 is 2.27 bits per heavy atom. The molecule has 60 valence electrons. The first-order valence-corrected chi connectivity index (χ1v) is 3.42. The highest BCUT2D eigenvalue weighted by atomic mass is 17.2. The number of rotatable bonds is 4. The van der Waals surface area contributed by atoms with Crippen LogP contribution in [0.5, 0.6) is 0 Å². The van der Waals surface area contributed by atoms with E-state index in [4.69, 9.17) is 4.89 Å². The smallest absolute Gasteiger partial charge is 0.126 e. The molecule has 1 aromatic rings. The third-order valence-corrected chi connectivity index (χ3v) is 1.02. The molecule has 0 aliphatic heterocycles. The van der Waals surface area contributed by atoms with Gasteiger partial charge in [0.2, 0.25) is 0 Å². The number of aromatic nitrogens is 2. The third-order valence-electron chi connectivity index (χ3n) is 1.02. The maximum absolute atomic E-state index is 4.77. The Labute approximate surface area is 65.1 Å². The summed E-state index contributed by atoms with van der Waals surface area (Å²) >= 11 is 0. The largest absolute Gasteiger partial charge is 0.261 e. The van der Waals surface area contributed by atoms with E-state index in [1.807, 2.05) is 6.92 Å². The highest BCUT2D eigenvalue weighted by Gasteiger charge is 1.92. The molecule has 0 amide bonds. The van der Waals surface area contributed by atoms with E-state index in [0.717, 1.165) is 5.69 Å². The number of hydrogen-bond donors (Lipinski definition) is 0. The second kappa shape index (κ2) is 4.76. The average molecular weight is 154 g/mol. The van der Waals surface area contributed by atoms with Crippen molar-refractivity contribution in [2.24, 2.45) is 0 Å². The van der Waals surface area contributed by atoms with Crippen LogP contribution in [0.2, 0.25) is 0 Å². The zero-order valence-electron chi connectivity index (χ0n) is 6.36. The quantitative estimate of drug-likeness (QED) is 0.368. The van der Waals surface area contributed by atoms with Gasteiger partial charge in [-0.25, -0.2) is 9.78 Å². The first-order valence-electron chi connectivity index (χ1n) is 3.42. The van der Waals surface area contributed by atoms with Crippen LogP contribution in [-0.2, 0) is 16.4 Å². The minimum absolute atomic E-state index is 0.349. The molecule has 0 N–H and O–H groups in total. The molecular formula is C7H10N2O2. The molecule has 0 atom stereocenters. The van der Waals surface area contributed by atoms with Crippen molar-refractivity contribution >= 4 is 0 Å². The molecule has 0 aliphatic carbocycles. The molecule has 1 rings (SSSR count). The van der Waals surface area contributed by atoms with E-state index in [-0.39, 0.29) is 0 Å². The third kappa shape index (κ3) is 3.06. The van der Waals surface area contributed by atoms with E-state index in [0.29, 0.717) is 13.2 Å². The van der Waals surface area contributed by atoms with Crippen LogP contribution in [0, 0.1) is 0 Å². The summed E-state index contributed by atoms with van der Waals surface area (Å²) in [6, 6.07) is 0. The van der Waals surface area contributed by atoms with Gasteiger partial charge in [-0.15, -0.1) is 0 Å². The molecule has 0 saturated carbocycles. The molecule has 4 heteroatoms. The SMILES string of the molecule is CCOOCc1cnccn1. The minimum atomic E-state index is 0.349. The van der Waals surface area contributed by atoms with Crippen molar-refractivity contribution in [1.29, 1.82) is 0 Å². The molecule has 0 aromatic carbocycles. The van der Waals surface area contributed by atoms with Gasteiger partial charge in [-0.05, 0) is 6.92 Å². The van der Waals surface area contributed by atoms with Gasteiger partial charge in [0.25, 0.3) is 0 Å². The van der Waals surface area contributed by atoms with Crippen molar-refractivity contribution in [3.8, 4) is 0 Å². The zero-order valence-corrected chi connectivity index (χ0v) is 6.36. The van der Waals surface area contributed by atoms with E-state index in [1.54, 1.807) is 18.6 Å². The van der Waals surface area contributed by atoms with Crippen LogP contribution in [0.4, 0.5) is 0 Å². The lowest BCUT2D eigenvalue weighted by molar-refractivity contribution is -0.301. The van der Waals surface area contributed by atoms with Crippen LogP contribution in [0.15, 0.2) is 18.6 Å². The molecule has 1 aromatic heterocycles. The lowest BCUT2D eigenvalue weighted by Gasteiger charge is -1.99.